The Morgan fingerprint density at radius 3 is 2.47 bits per heavy atom. The zero-order chi connectivity index (χ0) is 23.0. The maximum Gasteiger partial charge on any atom is 0.228 e. The van der Waals surface area contributed by atoms with E-state index in [1.165, 1.54) is 11.0 Å². The highest BCUT2D eigenvalue weighted by molar-refractivity contribution is 6.00. The van der Waals surface area contributed by atoms with E-state index in [1.807, 2.05) is 17.9 Å². The third-order valence-electron chi connectivity index (χ3n) is 6.16. The molecule has 3 heterocycles. The molecule has 32 heavy (non-hydrogen) atoms. The van der Waals surface area contributed by atoms with E-state index in [-0.39, 0.29) is 36.4 Å². The van der Waals surface area contributed by atoms with Crippen LogP contribution in [-0.4, -0.2) is 59.4 Å². The fourth-order valence-electron chi connectivity index (χ4n) is 4.35. The Bertz CT molecular complexity index is 1030. The lowest BCUT2D eigenvalue weighted by Crippen LogP contribution is -2.51. The Morgan fingerprint density at radius 1 is 1.09 bits per heavy atom. The van der Waals surface area contributed by atoms with Gasteiger partial charge >= 0.3 is 0 Å². The highest BCUT2D eigenvalue weighted by atomic mass is 19.1. The molecule has 8 heteroatoms. The van der Waals surface area contributed by atoms with Crippen LogP contribution in [0.25, 0.3) is 0 Å². The fourth-order valence-corrected chi connectivity index (χ4v) is 4.35. The van der Waals surface area contributed by atoms with Crippen molar-refractivity contribution in [1.29, 1.82) is 0 Å². The molecule has 2 saturated heterocycles. The molecule has 1 atom stereocenters. The molecule has 7 nitrogen and oxygen atoms in total. The Labute approximate surface area is 188 Å². The number of carbonyl (C=O) groups excluding carboxylic acids is 2. The number of hydrogen-bond donors (Lipinski definition) is 0. The number of aryl methyl sites for hydroxylation is 2. The maximum absolute atomic E-state index is 14.4. The smallest absolute Gasteiger partial charge is 0.228 e. The van der Waals surface area contributed by atoms with Crippen LogP contribution in [0.1, 0.15) is 43.3 Å². The third-order valence-corrected chi connectivity index (χ3v) is 6.16. The van der Waals surface area contributed by atoms with Crippen LogP contribution in [0.5, 0.6) is 0 Å². The molecule has 1 unspecified atom stereocenters. The minimum atomic E-state index is -0.441. The minimum Gasteiger partial charge on any atom is -0.353 e. The molecule has 2 fully saturated rings. The molecule has 4 rings (SSSR count). The summed E-state index contributed by atoms with van der Waals surface area (Å²) < 4.78 is 14.4. The van der Waals surface area contributed by atoms with Crippen molar-refractivity contribution in [3.8, 4) is 0 Å². The van der Waals surface area contributed by atoms with Crippen LogP contribution in [0.4, 0.5) is 15.9 Å². The number of halogens is 1. The summed E-state index contributed by atoms with van der Waals surface area (Å²) in [6.07, 6.45) is 0.120. The Balaban J connectivity index is 1.39. The van der Waals surface area contributed by atoms with E-state index in [0.717, 1.165) is 22.9 Å². The lowest BCUT2D eigenvalue weighted by atomic mass is 10.1. The van der Waals surface area contributed by atoms with Gasteiger partial charge in [0.2, 0.25) is 11.8 Å². The van der Waals surface area contributed by atoms with Crippen molar-refractivity contribution < 1.29 is 14.0 Å². The highest BCUT2D eigenvalue weighted by Crippen LogP contribution is 2.29. The van der Waals surface area contributed by atoms with E-state index in [1.54, 1.807) is 19.1 Å². The lowest BCUT2D eigenvalue weighted by molar-refractivity contribution is -0.136. The summed E-state index contributed by atoms with van der Waals surface area (Å²) in [5, 5.41) is 0. The van der Waals surface area contributed by atoms with E-state index in [2.05, 4.69) is 23.7 Å². The van der Waals surface area contributed by atoms with Crippen molar-refractivity contribution in [3.63, 3.8) is 0 Å². The quantitative estimate of drug-likeness (QED) is 0.732. The Hall–Kier alpha value is -3.03. The number of nitrogens with zero attached hydrogens (tertiary/aromatic N) is 5. The molecule has 2 amide bonds. The molecule has 0 bridgehead atoms. The fraction of sp³-hybridized carbons (Fsp3) is 0.500. The summed E-state index contributed by atoms with van der Waals surface area (Å²) in [5.41, 5.74) is 1.98. The second-order valence-corrected chi connectivity index (χ2v) is 9.05. The molecule has 2 aliphatic heterocycles. The van der Waals surface area contributed by atoms with Gasteiger partial charge in [-0.3, -0.25) is 9.59 Å². The van der Waals surface area contributed by atoms with Crippen LogP contribution in [0.3, 0.4) is 0 Å². The van der Waals surface area contributed by atoms with Gasteiger partial charge in [-0.15, -0.1) is 0 Å². The van der Waals surface area contributed by atoms with E-state index in [0.29, 0.717) is 26.2 Å². The molecule has 0 spiro atoms. The van der Waals surface area contributed by atoms with E-state index in [9.17, 15) is 14.0 Å². The normalized spacial score (nSPS) is 19.2. The van der Waals surface area contributed by atoms with Gasteiger partial charge in [-0.05, 0) is 31.5 Å². The van der Waals surface area contributed by atoms with Gasteiger partial charge in [-0.25, -0.2) is 14.4 Å². The van der Waals surface area contributed by atoms with Crippen molar-refractivity contribution in [2.75, 3.05) is 42.5 Å². The lowest BCUT2D eigenvalue weighted by Gasteiger charge is -2.36. The topological polar surface area (TPSA) is 69.6 Å². The summed E-state index contributed by atoms with van der Waals surface area (Å²) in [5.74, 6) is 0.858. The number of rotatable bonds is 4. The van der Waals surface area contributed by atoms with Crippen LogP contribution >= 0.6 is 0 Å². The van der Waals surface area contributed by atoms with E-state index >= 15 is 0 Å². The molecule has 170 valence electrons. The summed E-state index contributed by atoms with van der Waals surface area (Å²) in [4.78, 5) is 40.3. The van der Waals surface area contributed by atoms with Crippen LogP contribution in [-0.2, 0) is 9.59 Å². The number of carbonyl (C=O) groups is 2. The van der Waals surface area contributed by atoms with Gasteiger partial charge in [0, 0.05) is 56.8 Å². The minimum absolute atomic E-state index is 0.0326. The molecule has 0 saturated carbocycles. The SMILES string of the molecule is Cc1ccc(N2CC(C(=O)N3CCN(c4cc(C)nc(C(C)C)n4)CC3)CC2=O)c(F)c1. The van der Waals surface area contributed by atoms with Crippen molar-refractivity contribution in [3.05, 3.63) is 47.2 Å². The summed E-state index contributed by atoms with van der Waals surface area (Å²) in [7, 11) is 0. The molecule has 0 radical (unpaired) electrons. The zero-order valence-corrected chi connectivity index (χ0v) is 19.1. The third kappa shape index (κ3) is 4.45. The molecule has 0 aliphatic carbocycles. The molecular weight excluding hydrogens is 409 g/mol. The largest absolute Gasteiger partial charge is 0.353 e. The first-order valence-electron chi connectivity index (χ1n) is 11.2. The number of amides is 2. The molecule has 2 aromatic rings. The van der Waals surface area contributed by atoms with Crippen molar-refractivity contribution in [2.24, 2.45) is 5.92 Å². The highest BCUT2D eigenvalue weighted by Gasteiger charge is 2.38. The number of benzene rings is 1. The first-order valence-corrected chi connectivity index (χ1v) is 11.2. The van der Waals surface area contributed by atoms with Gasteiger partial charge in [0.25, 0.3) is 0 Å². The van der Waals surface area contributed by atoms with Crippen molar-refractivity contribution in [1.82, 2.24) is 14.9 Å². The van der Waals surface area contributed by atoms with Gasteiger partial charge in [0.1, 0.15) is 17.5 Å². The predicted octanol–water partition coefficient (Wildman–Crippen LogP) is 3.06. The maximum atomic E-state index is 14.4. The first kappa shape index (κ1) is 22.2. The summed E-state index contributed by atoms with van der Waals surface area (Å²) in [6.45, 7) is 10.6. The second kappa shape index (κ2) is 8.84. The van der Waals surface area contributed by atoms with Crippen LogP contribution in [0, 0.1) is 25.6 Å². The molecule has 1 aromatic heterocycles. The molecular formula is C24H30FN5O2. The average molecular weight is 440 g/mol. The van der Waals surface area contributed by atoms with Crippen molar-refractivity contribution in [2.45, 2.75) is 40.0 Å². The Morgan fingerprint density at radius 2 is 1.81 bits per heavy atom. The summed E-state index contributed by atoms with van der Waals surface area (Å²) in [6, 6.07) is 6.78. The van der Waals surface area contributed by atoms with Gasteiger partial charge < -0.3 is 14.7 Å². The van der Waals surface area contributed by atoms with Gasteiger partial charge in [-0.1, -0.05) is 19.9 Å². The average Bonchev–Trinajstić information content (AvgIpc) is 3.14. The molecule has 0 N–H and O–H groups in total. The number of aromatic nitrogens is 2. The Kier molecular flexibility index (Phi) is 6.13. The zero-order valence-electron chi connectivity index (χ0n) is 19.1. The monoisotopic (exact) mass is 439 g/mol. The molecule has 2 aliphatic rings. The second-order valence-electron chi connectivity index (χ2n) is 9.05. The first-order chi connectivity index (χ1) is 15.2. The summed E-state index contributed by atoms with van der Waals surface area (Å²) >= 11 is 0. The predicted molar refractivity (Wildman–Crippen MR) is 121 cm³/mol. The molecule has 1 aromatic carbocycles. The van der Waals surface area contributed by atoms with Gasteiger partial charge in [0.15, 0.2) is 0 Å². The van der Waals surface area contributed by atoms with Crippen LogP contribution in [0.15, 0.2) is 24.3 Å². The standard InChI is InChI=1S/C24H30FN5O2/c1-15(2)23-26-17(4)12-21(27-23)28-7-9-29(10-8-28)24(32)18-13-22(31)30(14-18)20-6-5-16(3)11-19(20)25/h5-6,11-12,15,18H,7-10,13-14H2,1-4H3. The van der Waals surface area contributed by atoms with Crippen molar-refractivity contribution >= 4 is 23.3 Å². The van der Waals surface area contributed by atoms with Gasteiger partial charge in [0.05, 0.1) is 11.6 Å². The van der Waals surface area contributed by atoms with E-state index in [4.69, 9.17) is 4.98 Å². The number of piperazine rings is 1. The van der Waals surface area contributed by atoms with Gasteiger partial charge in [-0.2, -0.15) is 0 Å². The number of hydrogen-bond acceptors (Lipinski definition) is 5. The number of anilines is 2. The van der Waals surface area contributed by atoms with Crippen LogP contribution < -0.4 is 9.80 Å². The van der Waals surface area contributed by atoms with E-state index < -0.39 is 11.7 Å². The van der Waals surface area contributed by atoms with Crippen LogP contribution in [0.2, 0.25) is 0 Å².